The number of nitrogens with zero attached hydrogens (tertiary/aromatic N) is 1. The van der Waals surface area contributed by atoms with Gasteiger partial charge in [0.05, 0.1) is 13.2 Å². The van der Waals surface area contributed by atoms with E-state index in [1.807, 2.05) is 0 Å². The topological polar surface area (TPSA) is 49.7 Å². The molecule has 1 aliphatic carbocycles. The average molecular weight is 115 g/mol. The highest BCUT2D eigenvalue weighted by Gasteiger charge is 2.42. The van der Waals surface area contributed by atoms with Gasteiger partial charge in [-0.05, 0) is 12.8 Å². The zero-order valence-corrected chi connectivity index (χ0v) is 4.63. The summed E-state index contributed by atoms with van der Waals surface area (Å²) in [5.41, 5.74) is -0.0816. The lowest BCUT2D eigenvalue weighted by atomic mass is 10.1. The zero-order valence-electron chi connectivity index (χ0n) is 4.63. The van der Waals surface area contributed by atoms with E-state index in [2.05, 4.69) is 5.18 Å². The van der Waals surface area contributed by atoms with Crippen LogP contribution in [-0.4, -0.2) is 18.3 Å². The standard InChI is InChI=1S/C5H9NO2/c7-4-5(1-2-5)3-6-8/h7H,1-4H2. The van der Waals surface area contributed by atoms with Gasteiger partial charge >= 0.3 is 0 Å². The lowest BCUT2D eigenvalue weighted by Gasteiger charge is -2.01. The normalized spacial score (nSPS) is 22.6. The highest BCUT2D eigenvalue weighted by molar-refractivity contribution is 4.93. The molecular weight excluding hydrogens is 106 g/mol. The SMILES string of the molecule is O=NCC1(CO)CC1. The van der Waals surface area contributed by atoms with Gasteiger partial charge in [0.25, 0.3) is 0 Å². The van der Waals surface area contributed by atoms with Crippen molar-refractivity contribution in [2.24, 2.45) is 10.6 Å². The monoisotopic (exact) mass is 115 g/mol. The van der Waals surface area contributed by atoms with E-state index in [0.29, 0.717) is 6.54 Å². The molecule has 0 amide bonds. The first-order chi connectivity index (χ1) is 3.83. The molecule has 0 aromatic carbocycles. The van der Waals surface area contributed by atoms with Crippen molar-refractivity contribution in [1.29, 1.82) is 0 Å². The van der Waals surface area contributed by atoms with Gasteiger partial charge < -0.3 is 5.11 Å². The van der Waals surface area contributed by atoms with Crippen LogP contribution in [0.5, 0.6) is 0 Å². The summed E-state index contributed by atoms with van der Waals surface area (Å²) < 4.78 is 0. The summed E-state index contributed by atoms with van der Waals surface area (Å²) in [6.07, 6.45) is 1.94. The molecule has 0 radical (unpaired) electrons. The molecule has 1 N–H and O–H groups in total. The largest absolute Gasteiger partial charge is 0.396 e. The minimum Gasteiger partial charge on any atom is -0.396 e. The van der Waals surface area contributed by atoms with E-state index in [-0.39, 0.29) is 12.0 Å². The fraction of sp³-hybridized carbons (Fsp3) is 1.00. The smallest absolute Gasteiger partial charge is 0.0889 e. The molecule has 3 heteroatoms. The Morgan fingerprint density at radius 2 is 2.25 bits per heavy atom. The number of aliphatic hydroxyl groups is 1. The molecule has 0 spiro atoms. The molecule has 0 unspecified atom stereocenters. The van der Waals surface area contributed by atoms with E-state index in [1.165, 1.54) is 0 Å². The maximum Gasteiger partial charge on any atom is 0.0889 e. The van der Waals surface area contributed by atoms with Crippen molar-refractivity contribution in [2.75, 3.05) is 13.2 Å². The Hall–Kier alpha value is -0.440. The molecule has 0 bridgehead atoms. The van der Waals surface area contributed by atoms with E-state index in [1.54, 1.807) is 0 Å². The minimum absolute atomic E-state index is 0.0816. The second-order valence-electron chi connectivity index (χ2n) is 2.45. The molecule has 8 heavy (non-hydrogen) atoms. The van der Waals surface area contributed by atoms with Gasteiger partial charge in [-0.25, -0.2) is 0 Å². The van der Waals surface area contributed by atoms with Crippen molar-refractivity contribution < 1.29 is 5.11 Å². The Morgan fingerprint density at radius 1 is 1.62 bits per heavy atom. The molecule has 0 aliphatic heterocycles. The van der Waals surface area contributed by atoms with Crippen LogP contribution in [0.4, 0.5) is 0 Å². The first-order valence-corrected chi connectivity index (χ1v) is 2.73. The summed E-state index contributed by atoms with van der Waals surface area (Å²) in [4.78, 5) is 9.66. The van der Waals surface area contributed by atoms with Gasteiger partial charge in [-0.15, -0.1) is 0 Å². The second-order valence-corrected chi connectivity index (χ2v) is 2.45. The zero-order chi connectivity index (χ0) is 6.04. The van der Waals surface area contributed by atoms with Crippen LogP contribution in [0, 0.1) is 10.3 Å². The van der Waals surface area contributed by atoms with E-state index in [9.17, 15) is 4.91 Å². The van der Waals surface area contributed by atoms with Crippen molar-refractivity contribution in [3.8, 4) is 0 Å². The Kier molecular flexibility index (Phi) is 1.29. The van der Waals surface area contributed by atoms with E-state index >= 15 is 0 Å². The number of nitroso groups, excluding NO2 is 1. The van der Waals surface area contributed by atoms with Crippen LogP contribution in [-0.2, 0) is 0 Å². The molecule has 3 nitrogen and oxygen atoms in total. The first-order valence-electron chi connectivity index (χ1n) is 2.73. The highest BCUT2D eigenvalue weighted by atomic mass is 16.3. The summed E-state index contributed by atoms with van der Waals surface area (Å²) >= 11 is 0. The van der Waals surface area contributed by atoms with Gasteiger partial charge in [-0.1, -0.05) is 5.18 Å². The van der Waals surface area contributed by atoms with Gasteiger partial charge in [0.2, 0.25) is 0 Å². The lowest BCUT2D eigenvalue weighted by Crippen LogP contribution is -2.09. The van der Waals surface area contributed by atoms with Crippen LogP contribution in [0.3, 0.4) is 0 Å². The number of hydrogen-bond acceptors (Lipinski definition) is 3. The molecule has 1 aliphatic rings. The minimum atomic E-state index is -0.0816. The Morgan fingerprint density at radius 3 is 2.38 bits per heavy atom. The molecule has 1 rings (SSSR count). The Bertz CT molecular complexity index is 98.6. The lowest BCUT2D eigenvalue weighted by molar-refractivity contribution is 0.216. The average Bonchev–Trinajstić information content (AvgIpc) is 2.50. The molecule has 1 fully saturated rings. The molecule has 0 saturated heterocycles. The number of aliphatic hydroxyl groups excluding tert-OH is 1. The fourth-order valence-electron chi connectivity index (χ4n) is 0.680. The van der Waals surface area contributed by atoms with Crippen molar-refractivity contribution in [1.82, 2.24) is 0 Å². The van der Waals surface area contributed by atoms with Crippen molar-refractivity contribution in [3.63, 3.8) is 0 Å². The summed E-state index contributed by atoms with van der Waals surface area (Å²) in [5, 5.41) is 11.3. The third kappa shape index (κ3) is 0.865. The van der Waals surface area contributed by atoms with Crippen molar-refractivity contribution in [3.05, 3.63) is 4.91 Å². The predicted octanol–water partition coefficient (Wildman–Crippen LogP) is 0.525. The first kappa shape index (κ1) is 5.69. The van der Waals surface area contributed by atoms with Gasteiger partial charge in [0, 0.05) is 5.41 Å². The van der Waals surface area contributed by atoms with Crippen LogP contribution in [0.2, 0.25) is 0 Å². The van der Waals surface area contributed by atoms with Crippen molar-refractivity contribution >= 4 is 0 Å². The molecule has 46 valence electrons. The van der Waals surface area contributed by atoms with Crippen LogP contribution in [0.25, 0.3) is 0 Å². The summed E-state index contributed by atoms with van der Waals surface area (Å²) in [7, 11) is 0. The van der Waals surface area contributed by atoms with Crippen LogP contribution in [0.15, 0.2) is 5.18 Å². The van der Waals surface area contributed by atoms with Crippen LogP contribution in [0.1, 0.15) is 12.8 Å². The highest BCUT2D eigenvalue weighted by Crippen LogP contribution is 2.44. The van der Waals surface area contributed by atoms with Crippen LogP contribution < -0.4 is 0 Å². The fourth-order valence-corrected chi connectivity index (χ4v) is 0.680. The van der Waals surface area contributed by atoms with Gasteiger partial charge in [-0.3, -0.25) is 0 Å². The molecule has 0 aromatic heterocycles. The summed E-state index contributed by atoms with van der Waals surface area (Å²) in [6, 6.07) is 0. The second kappa shape index (κ2) is 1.82. The molecular formula is C5H9NO2. The maximum absolute atomic E-state index is 9.66. The predicted molar refractivity (Wildman–Crippen MR) is 29.4 cm³/mol. The maximum atomic E-state index is 9.66. The Balaban J connectivity index is 2.29. The van der Waals surface area contributed by atoms with E-state index in [4.69, 9.17) is 5.11 Å². The number of hydrogen-bond donors (Lipinski definition) is 1. The van der Waals surface area contributed by atoms with Gasteiger partial charge in [0.15, 0.2) is 0 Å². The molecule has 0 aromatic rings. The van der Waals surface area contributed by atoms with Crippen molar-refractivity contribution in [2.45, 2.75) is 12.8 Å². The van der Waals surface area contributed by atoms with Gasteiger partial charge in [0.1, 0.15) is 0 Å². The van der Waals surface area contributed by atoms with Crippen LogP contribution >= 0.6 is 0 Å². The summed E-state index contributed by atoms with van der Waals surface area (Å²) in [6.45, 7) is 0.419. The number of rotatable bonds is 3. The van der Waals surface area contributed by atoms with E-state index < -0.39 is 0 Å². The molecule has 1 saturated carbocycles. The molecule has 0 heterocycles. The van der Waals surface area contributed by atoms with E-state index in [0.717, 1.165) is 12.8 Å². The summed E-state index contributed by atoms with van der Waals surface area (Å²) in [5.74, 6) is 0. The third-order valence-electron chi connectivity index (χ3n) is 1.69. The quantitative estimate of drug-likeness (QED) is 0.545. The molecule has 0 atom stereocenters. The third-order valence-corrected chi connectivity index (χ3v) is 1.69. The van der Waals surface area contributed by atoms with Gasteiger partial charge in [-0.2, -0.15) is 4.91 Å². The Labute approximate surface area is 47.7 Å².